The zero-order valence-corrected chi connectivity index (χ0v) is 18.8. The number of hydrogen-bond acceptors (Lipinski definition) is 4. The van der Waals surface area contributed by atoms with Gasteiger partial charge in [-0.25, -0.2) is 22.2 Å². The highest BCUT2D eigenvalue weighted by Crippen LogP contribution is 2.29. The van der Waals surface area contributed by atoms with Gasteiger partial charge < -0.3 is 4.98 Å². The van der Waals surface area contributed by atoms with Crippen molar-refractivity contribution < 1.29 is 22.0 Å². The van der Waals surface area contributed by atoms with Gasteiger partial charge in [-0.3, -0.25) is 9.52 Å². The first-order valence-corrected chi connectivity index (χ1v) is 11.9. The van der Waals surface area contributed by atoms with Gasteiger partial charge >= 0.3 is 0 Å². The van der Waals surface area contributed by atoms with Crippen LogP contribution in [0.5, 0.6) is 0 Å². The van der Waals surface area contributed by atoms with Crippen LogP contribution >= 0.6 is 0 Å². The van der Waals surface area contributed by atoms with E-state index < -0.39 is 38.7 Å². The van der Waals surface area contributed by atoms with Gasteiger partial charge in [0, 0.05) is 28.9 Å². The third kappa shape index (κ3) is 4.49. The molecule has 0 saturated heterocycles. The third-order valence-electron chi connectivity index (χ3n) is 5.22. The lowest BCUT2D eigenvalue weighted by Gasteiger charge is -2.11. The number of aromatic nitrogens is 2. The molecule has 0 unspecified atom stereocenters. The zero-order valence-electron chi connectivity index (χ0n) is 17.9. The molecule has 6 nitrogen and oxygen atoms in total. The van der Waals surface area contributed by atoms with Crippen molar-refractivity contribution >= 4 is 32.5 Å². The van der Waals surface area contributed by atoms with Crippen molar-refractivity contribution in [3.63, 3.8) is 0 Å². The minimum absolute atomic E-state index is 0.0258. The van der Waals surface area contributed by atoms with Crippen LogP contribution in [0, 0.1) is 18.6 Å². The second-order valence-corrected chi connectivity index (χ2v) is 9.56. The number of aryl methyl sites for hydroxylation is 1. The second-order valence-electron chi connectivity index (χ2n) is 7.72. The summed E-state index contributed by atoms with van der Waals surface area (Å²) in [5.74, 6) is -3.51. The Morgan fingerprint density at radius 1 is 1.09 bits per heavy atom. The van der Waals surface area contributed by atoms with Crippen molar-refractivity contribution in [3.05, 3.63) is 83.2 Å². The normalized spacial score (nSPS) is 11.6. The lowest BCUT2D eigenvalue weighted by Crippen LogP contribution is -2.18. The molecule has 0 aliphatic heterocycles. The van der Waals surface area contributed by atoms with Crippen LogP contribution in [0.25, 0.3) is 22.2 Å². The van der Waals surface area contributed by atoms with Gasteiger partial charge in [0.2, 0.25) is 15.8 Å². The zero-order chi connectivity index (χ0) is 23.8. The van der Waals surface area contributed by atoms with Crippen LogP contribution in [0.15, 0.2) is 54.9 Å². The predicted molar refractivity (Wildman–Crippen MR) is 124 cm³/mol. The summed E-state index contributed by atoms with van der Waals surface area (Å²) < 4.78 is 55.9. The number of sulfonamides is 1. The Labute approximate surface area is 189 Å². The summed E-state index contributed by atoms with van der Waals surface area (Å²) in [4.78, 5) is 20.4. The summed E-state index contributed by atoms with van der Waals surface area (Å²) in [6.45, 7) is 3.62. The standard InChI is InChI=1S/C24H21F2N3O3S/c1-3-10-33(31,32)29-20-9-8-19(25)21(22(20)26)23(30)18-13-28-24-17(18)11-16(12-27-24)15-6-4-14(2)5-7-15/h4-9,11-13,29H,3,10H2,1-2H3,(H,27,28). The number of halogens is 2. The van der Waals surface area contributed by atoms with E-state index in [2.05, 4.69) is 14.7 Å². The van der Waals surface area contributed by atoms with E-state index in [1.54, 1.807) is 19.2 Å². The number of carbonyl (C=O) groups excluding carboxylic acids is 1. The van der Waals surface area contributed by atoms with Crippen molar-refractivity contribution in [1.82, 2.24) is 9.97 Å². The molecular formula is C24H21F2N3O3S. The summed E-state index contributed by atoms with van der Waals surface area (Å²) in [6.07, 6.45) is 3.30. The Morgan fingerprint density at radius 3 is 2.52 bits per heavy atom. The molecule has 0 aliphatic carbocycles. The fraction of sp³-hybridized carbons (Fsp3) is 0.167. The van der Waals surface area contributed by atoms with Crippen LogP contribution in [0.1, 0.15) is 34.8 Å². The Hall–Kier alpha value is -3.59. The Kier molecular flexibility index (Phi) is 5.99. The van der Waals surface area contributed by atoms with Gasteiger partial charge in [0.25, 0.3) is 0 Å². The van der Waals surface area contributed by atoms with Crippen molar-refractivity contribution in [1.29, 1.82) is 0 Å². The minimum atomic E-state index is -3.83. The number of H-pyrrole nitrogens is 1. The molecule has 4 rings (SSSR count). The van der Waals surface area contributed by atoms with Gasteiger partial charge in [-0.05, 0) is 37.1 Å². The van der Waals surface area contributed by atoms with Crippen molar-refractivity contribution in [3.8, 4) is 11.1 Å². The van der Waals surface area contributed by atoms with E-state index in [-0.39, 0.29) is 11.3 Å². The number of nitrogens with zero attached hydrogens (tertiary/aromatic N) is 1. The van der Waals surface area contributed by atoms with Crippen LogP contribution in [-0.2, 0) is 10.0 Å². The van der Waals surface area contributed by atoms with Crippen LogP contribution in [-0.4, -0.2) is 29.9 Å². The first kappa shape index (κ1) is 22.6. The molecular weight excluding hydrogens is 448 g/mol. The van der Waals surface area contributed by atoms with Gasteiger partial charge in [0.1, 0.15) is 11.5 Å². The summed E-state index contributed by atoms with van der Waals surface area (Å²) in [7, 11) is -3.83. The van der Waals surface area contributed by atoms with E-state index in [0.717, 1.165) is 28.8 Å². The Bertz CT molecular complexity index is 1460. The molecule has 9 heteroatoms. The van der Waals surface area contributed by atoms with Gasteiger partial charge in [-0.2, -0.15) is 0 Å². The molecule has 0 spiro atoms. The number of carbonyl (C=O) groups is 1. The summed E-state index contributed by atoms with van der Waals surface area (Å²) in [5.41, 5.74) is 1.79. The van der Waals surface area contributed by atoms with Crippen molar-refractivity contribution in [2.75, 3.05) is 10.5 Å². The molecule has 0 amide bonds. The average molecular weight is 470 g/mol. The number of aromatic amines is 1. The van der Waals surface area contributed by atoms with E-state index in [1.807, 2.05) is 31.2 Å². The maximum atomic E-state index is 15.1. The van der Waals surface area contributed by atoms with Gasteiger partial charge in [0.15, 0.2) is 5.82 Å². The molecule has 2 aromatic carbocycles. The molecule has 0 bridgehead atoms. The summed E-state index contributed by atoms with van der Waals surface area (Å²) >= 11 is 0. The van der Waals surface area contributed by atoms with Crippen LogP contribution < -0.4 is 4.72 Å². The number of nitrogens with one attached hydrogen (secondary N) is 2. The molecule has 2 aromatic heterocycles. The number of anilines is 1. The highest BCUT2D eigenvalue weighted by Gasteiger charge is 2.26. The second kappa shape index (κ2) is 8.74. The first-order chi connectivity index (χ1) is 15.7. The van der Waals surface area contributed by atoms with Gasteiger partial charge in [-0.1, -0.05) is 36.8 Å². The smallest absolute Gasteiger partial charge is 0.232 e. The van der Waals surface area contributed by atoms with Crippen molar-refractivity contribution in [2.24, 2.45) is 0 Å². The molecule has 0 saturated carbocycles. The Morgan fingerprint density at radius 2 is 1.82 bits per heavy atom. The number of rotatable bonds is 7. The van der Waals surface area contributed by atoms with E-state index >= 15 is 4.39 Å². The SMILES string of the molecule is CCCS(=O)(=O)Nc1ccc(F)c(C(=O)c2c[nH]c3ncc(-c4ccc(C)cc4)cc23)c1F. The first-order valence-electron chi connectivity index (χ1n) is 10.3. The number of hydrogen-bond donors (Lipinski definition) is 2. The molecule has 170 valence electrons. The molecule has 2 heterocycles. The van der Waals surface area contributed by atoms with Gasteiger partial charge in [-0.15, -0.1) is 0 Å². The Balaban J connectivity index is 1.78. The number of ketones is 1. The van der Waals surface area contributed by atoms with E-state index in [1.165, 1.54) is 6.20 Å². The van der Waals surface area contributed by atoms with Crippen LogP contribution in [0.2, 0.25) is 0 Å². The molecule has 4 aromatic rings. The highest BCUT2D eigenvalue weighted by molar-refractivity contribution is 7.92. The predicted octanol–water partition coefficient (Wildman–Crippen LogP) is 5.20. The van der Waals surface area contributed by atoms with E-state index in [4.69, 9.17) is 0 Å². The number of pyridine rings is 1. The highest BCUT2D eigenvalue weighted by atomic mass is 32.2. The monoisotopic (exact) mass is 469 g/mol. The van der Waals surface area contributed by atoms with Crippen LogP contribution in [0.4, 0.5) is 14.5 Å². The van der Waals surface area contributed by atoms with E-state index in [0.29, 0.717) is 17.5 Å². The number of fused-ring (bicyclic) bond motifs is 1. The van der Waals surface area contributed by atoms with Crippen LogP contribution in [0.3, 0.4) is 0 Å². The lowest BCUT2D eigenvalue weighted by atomic mass is 9.99. The summed E-state index contributed by atoms with van der Waals surface area (Å²) in [5, 5.41) is 0.397. The lowest BCUT2D eigenvalue weighted by molar-refractivity contribution is 0.103. The molecule has 2 N–H and O–H groups in total. The van der Waals surface area contributed by atoms with Gasteiger partial charge in [0.05, 0.1) is 17.0 Å². The fourth-order valence-corrected chi connectivity index (χ4v) is 4.69. The quantitative estimate of drug-likeness (QED) is 0.364. The maximum absolute atomic E-state index is 15.1. The molecule has 0 atom stereocenters. The molecule has 33 heavy (non-hydrogen) atoms. The average Bonchev–Trinajstić information content (AvgIpc) is 3.19. The van der Waals surface area contributed by atoms with Crippen molar-refractivity contribution in [2.45, 2.75) is 20.3 Å². The molecule has 0 aliphatic rings. The molecule has 0 fully saturated rings. The maximum Gasteiger partial charge on any atom is 0.232 e. The molecule has 0 radical (unpaired) electrons. The summed E-state index contributed by atoms with van der Waals surface area (Å²) in [6, 6.07) is 11.3. The number of benzene rings is 2. The third-order valence-corrected chi connectivity index (χ3v) is 6.69. The van der Waals surface area contributed by atoms with E-state index in [9.17, 15) is 17.6 Å². The minimum Gasteiger partial charge on any atom is -0.345 e. The fourth-order valence-electron chi connectivity index (χ4n) is 3.56. The topological polar surface area (TPSA) is 91.9 Å². The largest absolute Gasteiger partial charge is 0.345 e.